The molecular weight excluding hydrogens is 486 g/mol. The van der Waals surface area contributed by atoms with Gasteiger partial charge in [0.25, 0.3) is 0 Å². The minimum absolute atomic E-state index is 0.0326. The van der Waals surface area contributed by atoms with E-state index < -0.39 is 0 Å². The number of carbonyl (C=O) groups is 2. The van der Waals surface area contributed by atoms with Crippen molar-refractivity contribution in [2.24, 2.45) is 0 Å². The van der Waals surface area contributed by atoms with Crippen LogP contribution in [0.1, 0.15) is 36.8 Å². The lowest BCUT2D eigenvalue weighted by molar-refractivity contribution is -0.143. The molecule has 1 fully saturated rings. The van der Waals surface area contributed by atoms with Crippen molar-refractivity contribution < 1.29 is 23.8 Å². The van der Waals surface area contributed by atoms with Crippen LogP contribution in [0.25, 0.3) is 0 Å². The second kappa shape index (κ2) is 13.7. The third-order valence-electron chi connectivity index (χ3n) is 6.22. The predicted octanol–water partition coefficient (Wildman–Crippen LogP) is 6.15. The van der Waals surface area contributed by atoms with Gasteiger partial charge in [0.1, 0.15) is 12.4 Å². The maximum atomic E-state index is 12.7. The fourth-order valence-electron chi connectivity index (χ4n) is 4.51. The molecule has 0 aliphatic carbocycles. The quantitative estimate of drug-likeness (QED) is 0.153. The van der Waals surface area contributed by atoms with Crippen LogP contribution in [0, 0.1) is 0 Å². The van der Waals surface area contributed by atoms with Gasteiger partial charge in [0.05, 0.1) is 19.3 Å². The van der Waals surface area contributed by atoms with E-state index in [1.54, 1.807) is 18.7 Å². The van der Waals surface area contributed by atoms with Crippen molar-refractivity contribution in [3.05, 3.63) is 96.1 Å². The van der Waals surface area contributed by atoms with Gasteiger partial charge in [-0.1, -0.05) is 66.7 Å². The SMILES string of the molecule is CCOC(=O)CCCOc1cccc(SCCN2C(=O)OCC2C(c2ccccc2)c2ccccc2)c1. The van der Waals surface area contributed by atoms with Crippen LogP contribution in [-0.4, -0.2) is 55.1 Å². The molecule has 1 amide bonds. The predicted molar refractivity (Wildman–Crippen MR) is 145 cm³/mol. The van der Waals surface area contributed by atoms with Crippen LogP contribution in [-0.2, 0) is 14.3 Å². The van der Waals surface area contributed by atoms with Crippen LogP contribution in [0.5, 0.6) is 5.75 Å². The van der Waals surface area contributed by atoms with E-state index in [4.69, 9.17) is 14.2 Å². The van der Waals surface area contributed by atoms with Gasteiger partial charge in [0, 0.05) is 29.5 Å². The fraction of sp³-hybridized carbons (Fsp3) is 0.333. The van der Waals surface area contributed by atoms with E-state index in [0.717, 1.165) is 16.4 Å². The van der Waals surface area contributed by atoms with Crippen LogP contribution in [0.3, 0.4) is 0 Å². The topological polar surface area (TPSA) is 65.1 Å². The van der Waals surface area contributed by atoms with Crippen LogP contribution >= 0.6 is 11.8 Å². The number of nitrogens with zero attached hydrogens (tertiary/aromatic N) is 1. The first kappa shape index (κ1) is 26.6. The van der Waals surface area contributed by atoms with Gasteiger partial charge in [-0.15, -0.1) is 11.8 Å². The van der Waals surface area contributed by atoms with Gasteiger partial charge < -0.3 is 19.1 Å². The summed E-state index contributed by atoms with van der Waals surface area (Å²) in [5.41, 5.74) is 2.34. The van der Waals surface area contributed by atoms with Crippen LogP contribution in [0.2, 0.25) is 0 Å². The van der Waals surface area contributed by atoms with Crippen LogP contribution in [0.4, 0.5) is 4.79 Å². The zero-order chi connectivity index (χ0) is 25.9. The number of esters is 1. The Morgan fingerprint density at radius 1 is 1.03 bits per heavy atom. The summed E-state index contributed by atoms with van der Waals surface area (Å²) in [6, 6.07) is 28.4. The first-order chi connectivity index (χ1) is 18.2. The largest absolute Gasteiger partial charge is 0.494 e. The van der Waals surface area contributed by atoms with E-state index in [1.807, 2.05) is 65.6 Å². The first-order valence-electron chi connectivity index (χ1n) is 12.7. The first-order valence-corrected chi connectivity index (χ1v) is 13.7. The van der Waals surface area contributed by atoms with Crippen molar-refractivity contribution >= 4 is 23.8 Å². The summed E-state index contributed by atoms with van der Waals surface area (Å²) in [6.07, 6.45) is 0.696. The normalized spacial score (nSPS) is 15.0. The van der Waals surface area contributed by atoms with Gasteiger partial charge in [0.2, 0.25) is 0 Å². The Morgan fingerprint density at radius 3 is 2.41 bits per heavy atom. The van der Waals surface area contributed by atoms with E-state index in [2.05, 4.69) is 24.3 Å². The van der Waals surface area contributed by atoms with Crippen molar-refractivity contribution in [2.75, 3.05) is 32.1 Å². The summed E-state index contributed by atoms with van der Waals surface area (Å²) in [6.45, 7) is 3.60. The second-order valence-corrected chi connectivity index (χ2v) is 9.89. The number of ether oxygens (including phenoxy) is 3. The molecule has 0 spiro atoms. The van der Waals surface area contributed by atoms with Crippen molar-refractivity contribution in [1.29, 1.82) is 0 Å². The monoisotopic (exact) mass is 519 g/mol. The standard InChI is InChI=1S/C30H33NO5S/c1-2-34-28(32)17-10-19-35-25-15-9-16-26(21-25)37-20-18-31-27(22-36-30(31)33)29(23-11-5-3-6-12-23)24-13-7-4-8-14-24/h3-9,11-16,21,27,29H,2,10,17-20,22H2,1H3. The summed E-state index contributed by atoms with van der Waals surface area (Å²) in [5.74, 6) is 1.33. The van der Waals surface area contributed by atoms with Gasteiger partial charge in [-0.05, 0) is 42.7 Å². The minimum Gasteiger partial charge on any atom is -0.494 e. The maximum absolute atomic E-state index is 12.7. The Morgan fingerprint density at radius 2 is 1.73 bits per heavy atom. The second-order valence-electron chi connectivity index (χ2n) is 8.72. The van der Waals surface area contributed by atoms with E-state index >= 15 is 0 Å². The van der Waals surface area contributed by atoms with Gasteiger partial charge in [0.15, 0.2) is 0 Å². The highest BCUT2D eigenvalue weighted by Crippen LogP contribution is 2.34. The molecule has 1 heterocycles. The number of hydrogen-bond donors (Lipinski definition) is 0. The Kier molecular flexibility index (Phi) is 9.89. The molecular formula is C30H33NO5S. The third-order valence-corrected chi connectivity index (χ3v) is 7.19. The third kappa shape index (κ3) is 7.52. The molecule has 194 valence electrons. The molecule has 37 heavy (non-hydrogen) atoms. The zero-order valence-electron chi connectivity index (χ0n) is 21.1. The molecule has 3 aromatic carbocycles. The number of amides is 1. The summed E-state index contributed by atoms with van der Waals surface area (Å²) >= 11 is 1.68. The summed E-state index contributed by atoms with van der Waals surface area (Å²) < 4.78 is 16.3. The molecule has 0 saturated carbocycles. The van der Waals surface area contributed by atoms with Crippen LogP contribution in [0.15, 0.2) is 89.8 Å². The minimum atomic E-state index is -0.263. The fourth-order valence-corrected chi connectivity index (χ4v) is 5.41. The zero-order valence-corrected chi connectivity index (χ0v) is 21.9. The molecule has 1 unspecified atom stereocenters. The molecule has 1 aliphatic rings. The van der Waals surface area contributed by atoms with Crippen molar-refractivity contribution in [3.8, 4) is 5.75 Å². The molecule has 4 rings (SSSR count). The number of thioether (sulfide) groups is 1. The Bertz CT molecular complexity index is 1100. The molecule has 3 aromatic rings. The molecule has 1 atom stereocenters. The van der Waals surface area contributed by atoms with E-state index in [9.17, 15) is 9.59 Å². The van der Waals surface area contributed by atoms with Gasteiger partial charge in [-0.2, -0.15) is 0 Å². The smallest absolute Gasteiger partial charge is 0.410 e. The molecule has 0 N–H and O–H groups in total. The van der Waals surface area contributed by atoms with Crippen molar-refractivity contribution in [2.45, 2.75) is 36.6 Å². The van der Waals surface area contributed by atoms with Crippen molar-refractivity contribution in [3.63, 3.8) is 0 Å². The maximum Gasteiger partial charge on any atom is 0.410 e. The average Bonchev–Trinajstić information content (AvgIpc) is 3.28. The Labute approximate surface area is 222 Å². The summed E-state index contributed by atoms with van der Waals surface area (Å²) in [5, 5.41) is 0. The lowest BCUT2D eigenvalue weighted by Gasteiger charge is -2.30. The van der Waals surface area contributed by atoms with E-state index in [0.29, 0.717) is 39.2 Å². The van der Waals surface area contributed by atoms with E-state index in [-0.39, 0.29) is 24.0 Å². The number of carbonyl (C=O) groups excluding carboxylic acids is 2. The number of benzene rings is 3. The van der Waals surface area contributed by atoms with Gasteiger partial charge >= 0.3 is 12.1 Å². The summed E-state index contributed by atoms with van der Waals surface area (Å²) in [7, 11) is 0. The highest BCUT2D eigenvalue weighted by Gasteiger charge is 2.39. The molecule has 7 heteroatoms. The number of hydrogen-bond acceptors (Lipinski definition) is 6. The highest BCUT2D eigenvalue weighted by molar-refractivity contribution is 7.99. The lowest BCUT2D eigenvalue weighted by atomic mass is 9.85. The van der Waals surface area contributed by atoms with Gasteiger partial charge in [-0.25, -0.2) is 4.79 Å². The highest BCUT2D eigenvalue weighted by atomic mass is 32.2. The molecule has 6 nitrogen and oxygen atoms in total. The lowest BCUT2D eigenvalue weighted by Crippen LogP contribution is -2.39. The number of cyclic esters (lactones) is 1. The Balaban J connectivity index is 1.35. The Hall–Kier alpha value is -3.45. The molecule has 1 saturated heterocycles. The van der Waals surface area contributed by atoms with Crippen LogP contribution < -0.4 is 4.74 Å². The molecule has 0 bridgehead atoms. The number of rotatable bonds is 13. The average molecular weight is 520 g/mol. The van der Waals surface area contributed by atoms with E-state index in [1.165, 1.54) is 11.1 Å². The van der Waals surface area contributed by atoms with Gasteiger partial charge in [-0.3, -0.25) is 4.79 Å². The van der Waals surface area contributed by atoms with Crippen molar-refractivity contribution in [1.82, 2.24) is 4.90 Å². The molecule has 0 aromatic heterocycles. The summed E-state index contributed by atoms with van der Waals surface area (Å²) in [4.78, 5) is 27.1. The molecule has 0 radical (unpaired) electrons. The molecule has 1 aliphatic heterocycles.